The van der Waals surface area contributed by atoms with E-state index in [4.69, 9.17) is 0 Å². The minimum atomic E-state index is -0.403. The van der Waals surface area contributed by atoms with Crippen LogP contribution in [0.2, 0.25) is 0 Å². The number of rotatable bonds is 4. The van der Waals surface area contributed by atoms with Crippen molar-refractivity contribution in [2.75, 3.05) is 20.7 Å². The minimum absolute atomic E-state index is 0.117. The van der Waals surface area contributed by atoms with Crippen molar-refractivity contribution in [2.45, 2.75) is 19.0 Å². The number of hydrogen-bond acceptors (Lipinski definition) is 5. The fourth-order valence-electron chi connectivity index (χ4n) is 2.01. The molecule has 1 saturated heterocycles. The Morgan fingerprint density at radius 3 is 2.89 bits per heavy atom. The van der Waals surface area contributed by atoms with Crippen LogP contribution in [-0.4, -0.2) is 48.5 Å². The van der Waals surface area contributed by atoms with E-state index in [1.807, 2.05) is 0 Å². The molecule has 0 aromatic carbocycles. The number of hydrogen-bond donors (Lipinski definition) is 1. The average Bonchev–Trinajstić information content (AvgIpc) is 2.76. The van der Waals surface area contributed by atoms with E-state index in [2.05, 4.69) is 15.0 Å². The summed E-state index contributed by atoms with van der Waals surface area (Å²) in [5, 5.41) is 3.17. The number of nitrogens with one attached hydrogen (secondary N) is 1. The highest BCUT2D eigenvalue weighted by atomic mass is 16.5. The normalized spacial score (nSPS) is 18.7. The number of methoxy groups -OCH3 is 1. The van der Waals surface area contributed by atoms with Crippen LogP contribution in [-0.2, 0) is 16.1 Å². The van der Waals surface area contributed by atoms with Gasteiger partial charge in [-0.15, -0.1) is 0 Å². The quantitative estimate of drug-likeness (QED) is 0.785. The molecule has 1 N–H and O–H groups in total. The Kier molecular flexibility index (Phi) is 4.11. The van der Waals surface area contributed by atoms with E-state index < -0.39 is 5.97 Å². The second-order valence-electron chi connectivity index (χ2n) is 4.51. The van der Waals surface area contributed by atoms with E-state index >= 15 is 0 Å². The topological polar surface area (TPSA) is 71.5 Å². The lowest BCUT2D eigenvalue weighted by Gasteiger charge is -2.11. The number of likely N-dealkylation sites (N-methyl/N-ethyl adjacent to an activating group) is 1. The zero-order valence-electron chi connectivity index (χ0n) is 11.0. The molecule has 1 fully saturated rings. The molecule has 1 amide bonds. The molecule has 6 heteroatoms. The van der Waals surface area contributed by atoms with Gasteiger partial charge in [-0.25, -0.2) is 4.79 Å². The lowest BCUT2D eigenvalue weighted by atomic mass is 10.2. The van der Waals surface area contributed by atoms with Gasteiger partial charge in [0.15, 0.2) is 0 Å². The Bertz CT molecular complexity index is 473. The molecule has 1 aromatic heterocycles. The molecule has 1 unspecified atom stereocenters. The Balaban J connectivity index is 1.90. The fourth-order valence-corrected chi connectivity index (χ4v) is 2.01. The molecule has 0 saturated carbocycles. The summed E-state index contributed by atoms with van der Waals surface area (Å²) >= 11 is 0. The maximum Gasteiger partial charge on any atom is 0.339 e. The Morgan fingerprint density at radius 1 is 1.58 bits per heavy atom. The summed E-state index contributed by atoms with van der Waals surface area (Å²) in [4.78, 5) is 28.8. The molecule has 102 valence electrons. The third-order valence-electron chi connectivity index (χ3n) is 3.20. The van der Waals surface area contributed by atoms with Crippen LogP contribution < -0.4 is 5.32 Å². The van der Waals surface area contributed by atoms with Crippen molar-refractivity contribution in [2.24, 2.45) is 0 Å². The van der Waals surface area contributed by atoms with Gasteiger partial charge < -0.3 is 15.0 Å². The number of ether oxygens (including phenoxy) is 1. The molecule has 0 aliphatic carbocycles. The van der Waals surface area contributed by atoms with Gasteiger partial charge in [-0.3, -0.25) is 9.78 Å². The molecular weight excluding hydrogens is 246 g/mol. The molecule has 2 heterocycles. The van der Waals surface area contributed by atoms with Crippen molar-refractivity contribution in [3.63, 3.8) is 0 Å². The average molecular weight is 263 g/mol. The van der Waals surface area contributed by atoms with Crippen LogP contribution in [0.25, 0.3) is 0 Å². The third kappa shape index (κ3) is 3.08. The van der Waals surface area contributed by atoms with Crippen molar-refractivity contribution in [3.05, 3.63) is 29.6 Å². The number of carbonyl (C=O) groups is 2. The molecule has 0 spiro atoms. The van der Waals surface area contributed by atoms with E-state index in [-0.39, 0.29) is 11.9 Å². The lowest BCUT2D eigenvalue weighted by Crippen LogP contribution is -2.36. The monoisotopic (exact) mass is 263 g/mol. The number of aromatic nitrogens is 1. The van der Waals surface area contributed by atoms with Gasteiger partial charge in [-0.1, -0.05) is 0 Å². The van der Waals surface area contributed by atoms with Crippen LogP contribution >= 0.6 is 0 Å². The van der Waals surface area contributed by atoms with E-state index in [1.54, 1.807) is 24.1 Å². The number of esters is 1. The van der Waals surface area contributed by atoms with Crippen LogP contribution in [0.15, 0.2) is 18.3 Å². The highest BCUT2D eigenvalue weighted by molar-refractivity contribution is 5.88. The zero-order chi connectivity index (χ0) is 13.8. The molecule has 0 radical (unpaired) electrons. The Hall–Kier alpha value is -1.95. The van der Waals surface area contributed by atoms with Crippen molar-refractivity contribution < 1.29 is 14.3 Å². The minimum Gasteiger partial charge on any atom is -0.465 e. The first kappa shape index (κ1) is 13.5. The van der Waals surface area contributed by atoms with Gasteiger partial charge in [0.2, 0.25) is 5.91 Å². The second-order valence-corrected chi connectivity index (χ2v) is 4.51. The number of likely N-dealkylation sites (tertiary alicyclic amines) is 1. The van der Waals surface area contributed by atoms with Gasteiger partial charge in [-0.2, -0.15) is 0 Å². The van der Waals surface area contributed by atoms with Gasteiger partial charge in [-0.05, 0) is 18.6 Å². The van der Waals surface area contributed by atoms with Gasteiger partial charge in [0.25, 0.3) is 0 Å². The molecule has 19 heavy (non-hydrogen) atoms. The molecule has 1 aromatic rings. The lowest BCUT2D eigenvalue weighted by molar-refractivity contribution is -0.128. The number of amides is 1. The maximum absolute atomic E-state index is 11.7. The SMILES string of the molecule is COC(=O)c1ccc(CNC2CCN(C)C2=O)nc1. The smallest absolute Gasteiger partial charge is 0.339 e. The van der Waals surface area contributed by atoms with Gasteiger partial charge in [0.1, 0.15) is 0 Å². The molecule has 2 rings (SSSR count). The summed E-state index contributed by atoms with van der Waals surface area (Å²) in [6.45, 7) is 1.29. The van der Waals surface area contributed by atoms with Crippen LogP contribution in [0, 0.1) is 0 Å². The number of pyridine rings is 1. The van der Waals surface area contributed by atoms with Gasteiger partial charge in [0.05, 0.1) is 24.4 Å². The van der Waals surface area contributed by atoms with Crippen LogP contribution in [0.4, 0.5) is 0 Å². The number of nitrogens with zero attached hydrogens (tertiary/aromatic N) is 2. The van der Waals surface area contributed by atoms with Gasteiger partial charge in [0, 0.05) is 26.3 Å². The third-order valence-corrected chi connectivity index (χ3v) is 3.20. The number of carbonyl (C=O) groups excluding carboxylic acids is 2. The van der Waals surface area contributed by atoms with E-state index in [0.29, 0.717) is 12.1 Å². The highest BCUT2D eigenvalue weighted by Gasteiger charge is 2.28. The first-order valence-corrected chi connectivity index (χ1v) is 6.13. The predicted molar refractivity (Wildman–Crippen MR) is 68.5 cm³/mol. The van der Waals surface area contributed by atoms with Crippen LogP contribution in [0.5, 0.6) is 0 Å². The molecule has 1 aliphatic heterocycles. The van der Waals surface area contributed by atoms with E-state index in [9.17, 15) is 9.59 Å². The zero-order valence-corrected chi connectivity index (χ0v) is 11.0. The molecule has 1 aliphatic rings. The van der Waals surface area contributed by atoms with Crippen LogP contribution in [0.1, 0.15) is 22.5 Å². The summed E-state index contributed by atoms with van der Waals surface area (Å²) in [5.74, 6) is -0.286. The largest absolute Gasteiger partial charge is 0.465 e. The van der Waals surface area contributed by atoms with Crippen molar-refractivity contribution in [3.8, 4) is 0 Å². The first-order chi connectivity index (χ1) is 9.11. The highest BCUT2D eigenvalue weighted by Crippen LogP contribution is 2.09. The van der Waals surface area contributed by atoms with Crippen molar-refractivity contribution in [1.29, 1.82) is 0 Å². The fraction of sp³-hybridized carbons (Fsp3) is 0.462. The first-order valence-electron chi connectivity index (χ1n) is 6.13. The standard InChI is InChI=1S/C13H17N3O3/c1-16-6-5-11(12(16)17)15-8-10-4-3-9(7-14-10)13(18)19-2/h3-4,7,11,15H,5-6,8H2,1-2H3. The van der Waals surface area contributed by atoms with E-state index in [0.717, 1.165) is 18.7 Å². The van der Waals surface area contributed by atoms with E-state index in [1.165, 1.54) is 13.3 Å². The Morgan fingerprint density at radius 2 is 2.37 bits per heavy atom. The summed E-state index contributed by atoms with van der Waals surface area (Å²) < 4.78 is 4.60. The summed E-state index contributed by atoms with van der Waals surface area (Å²) in [7, 11) is 3.13. The van der Waals surface area contributed by atoms with Crippen LogP contribution in [0.3, 0.4) is 0 Å². The summed E-state index contributed by atoms with van der Waals surface area (Å²) in [6, 6.07) is 3.29. The molecular formula is C13H17N3O3. The van der Waals surface area contributed by atoms with Crippen molar-refractivity contribution >= 4 is 11.9 Å². The molecule has 0 bridgehead atoms. The maximum atomic E-state index is 11.7. The molecule has 1 atom stereocenters. The second kappa shape index (κ2) is 5.79. The Labute approximate surface area is 111 Å². The molecule has 6 nitrogen and oxygen atoms in total. The summed E-state index contributed by atoms with van der Waals surface area (Å²) in [6.07, 6.45) is 2.29. The van der Waals surface area contributed by atoms with Crippen molar-refractivity contribution in [1.82, 2.24) is 15.2 Å². The predicted octanol–water partition coefficient (Wildman–Crippen LogP) is 0.188. The van der Waals surface area contributed by atoms with Gasteiger partial charge >= 0.3 is 5.97 Å². The summed E-state index contributed by atoms with van der Waals surface area (Å²) in [5.41, 5.74) is 1.21.